The molecule has 1 aliphatic rings. The number of hydrogen-bond donors (Lipinski definition) is 2. The lowest BCUT2D eigenvalue weighted by Crippen LogP contribution is -2.38. The third kappa shape index (κ3) is 1.42. The van der Waals surface area contributed by atoms with Crippen molar-refractivity contribution in [2.75, 3.05) is 13.6 Å². The molecule has 9 heavy (non-hydrogen) atoms. The third-order valence-electron chi connectivity index (χ3n) is 1.91. The molecule has 2 N–H and O–H groups in total. The second-order valence-corrected chi connectivity index (χ2v) is 2.53. The molecule has 0 unspecified atom stereocenters. The van der Waals surface area contributed by atoms with Crippen LogP contribution in [-0.2, 0) is 4.79 Å². The Morgan fingerprint density at radius 2 is 2.33 bits per heavy atom. The molecule has 1 saturated carbocycles. The highest BCUT2D eigenvalue weighted by Gasteiger charge is 2.40. The Morgan fingerprint density at radius 1 is 1.67 bits per heavy atom. The Morgan fingerprint density at radius 3 is 2.67 bits per heavy atom. The molecule has 0 aromatic heterocycles. The summed E-state index contributed by atoms with van der Waals surface area (Å²) in [6, 6.07) is 0. The normalized spacial score (nSPS) is 21.0. The van der Waals surface area contributed by atoms with Gasteiger partial charge in [-0.25, -0.2) is 0 Å². The number of hydrogen-bond acceptors (Lipinski definition) is 2. The largest absolute Gasteiger partial charge is 0.357 e. The summed E-state index contributed by atoms with van der Waals surface area (Å²) in [5.74, 6) is 0. The van der Waals surface area contributed by atoms with Crippen LogP contribution in [0.3, 0.4) is 0 Å². The quantitative estimate of drug-likeness (QED) is 0.500. The number of rotatable bonds is 4. The molecule has 0 bridgehead atoms. The summed E-state index contributed by atoms with van der Waals surface area (Å²) in [4.78, 5) is 9.86. The smallest absolute Gasteiger partial charge is 0.207 e. The van der Waals surface area contributed by atoms with Gasteiger partial charge in [-0.3, -0.25) is 4.79 Å². The Bertz CT molecular complexity index is 110. The van der Waals surface area contributed by atoms with Crippen LogP contribution in [0, 0.1) is 0 Å². The van der Waals surface area contributed by atoms with Crippen molar-refractivity contribution < 1.29 is 4.79 Å². The van der Waals surface area contributed by atoms with E-state index >= 15 is 0 Å². The van der Waals surface area contributed by atoms with E-state index in [9.17, 15) is 4.79 Å². The Labute approximate surface area is 54.8 Å². The standard InChI is InChI=1S/C6H12N2O/c1-7-6(2-3-6)4-8-5-9/h5,7H,2-4H2,1H3,(H,8,9). The van der Waals surface area contributed by atoms with Crippen LogP contribution in [0.1, 0.15) is 12.8 Å². The van der Waals surface area contributed by atoms with Gasteiger partial charge in [0.2, 0.25) is 6.41 Å². The van der Waals surface area contributed by atoms with E-state index < -0.39 is 0 Å². The van der Waals surface area contributed by atoms with E-state index in [4.69, 9.17) is 0 Å². The van der Waals surface area contributed by atoms with Crippen LogP contribution < -0.4 is 10.6 Å². The van der Waals surface area contributed by atoms with Crippen LogP contribution in [0.2, 0.25) is 0 Å². The molecule has 0 saturated heterocycles. The summed E-state index contributed by atoms with van der Waals surface area (Å²) >= 11 is 0. The van der Waals surface area contributed by atoms with Crippen molar-refractivity contribution in [1.29, 1.82) is 0 Å². The zero-order valence-corrected chi connectivity index (χ0v) is 5.61. The van der Waals surface area contributed by atoms with E-state index in [-0.39, 0.29) is 5.54 Å². The number of carbonyl (C=O) groups excluding carboxylic acids is 1. The predicted octanol–water partition coefficient (Wildman–Crippen LogP) is -0.516. The monoisotopic (exact) mass is 128 g/mol. The fourth-order valence-corrected chi connectivity index (χ4v) is 0.903. The van der Waals surface area contributed by atoms with Crippen LogP contribution in [0.25, 0.3) is 0 Å². The molecular formula is C6H12N2O. The average Bonchev–Trinajstić information content (AvgIpc) is 2.65. The van der Waals surface area contributed by atoms with E-state index in [1.165, 1.54) is 12.8 Å². The Balaban J connectivity index is 2.17. The first-order valence-corrected chi connectivity index (χ1v) is 3.19. The van der Waals surface area contributed by atoms with Gasteiger partial charge in [-0.15, -0.1) is 0 Å². The van der Waals surface area contributed by atoms with Crippen LogP contribution in [0.15, 0.2) is 0 Å². The SMILES string of the molecule is CNC1(CNC=O)CC1. The summed E-state index contributed by atoms with van der Waals surface area (Å²) in [5, 5.41) is 5.82. The maximum atomic E-state index is 9.86. The molecule has 52 valence electrons. The van der Waals surface area contributed by atoms with Crippen molar-refractivity contribution in [3.63, 3.8) is 0 Å². The number of carbonyl (C=O) groups is 1. The summed E-state index contributed by atoms with van der Waals surface area (Å²) in [7, 11) is 1.93. The van der Waals surface area contributed by atoms with Crippen LogP contribution >= 0.6 is 0 Å². The molecular weight excluding hydrogens is 116 g/mol. The lowest BCUT2D eigenvalue weighted by atomic mass is 10.3. The van der Waals surface area contributed by atoms with E-state index in [0.717, 1.165) is 13.0 Å². The molecule has 0 radical (unpaired) electrons. The second kappa shape index (κ2) is 2.35. The first-order chi connectivity index (χ1) is 4.33. The van der Waals surface area contributed by atoms with Crippen LogP contribution in [-0.4, -0.2) is 25.5 Å². The predicted molar refractivity (Wildman–Crippen MR) is 35.1 cm³/mol. The minimum absolute atomic E-state index is 0.251. The minimum atomic E-state index is 0.251. The summed E-state index contributed by atoms with van der Waals surface area (Å²) < 4.78 is 0. The van der Waals surface area contributed by atoms with Gasteiger partial charge in [0.25, 0.3) is 0 Å². The third-order valence-corrected chi connectivity index (χ3v) is 1.91. The van der Waals surface area contributed by atoms with Gasteiger partial charge >= 0.3 is 0 Å². The van der Waals surface area contributed by atoms with E-state index in [0.29, 0.717) is 0 Å². The van der Waals surface area contributed by atoms with Gasteiger partial charge < -0.3 is 10.6 Å². The zero-order chi connectivity index (χ0) is 6.74. The minimum Gasteiger partial charge on any atom is -0.357 e. The molecule has 3 nitrogen and oxygen atoms in total. The van der Waals surface area contributed by atoms with Crippen LogP contribution in [0.5, 0.6) is 0 Å². The topological polar surface area (TPSA) is 41.1 Å². The number of likely N-dealkylation sites (N-methyl/N-ethyl adjacent to an activating group) is 1. The highest BCUT2D eigenvalue weighted by molar-refractivity contribution is 5.46. The van der Waals surface area contributed by atoms with E-state index in [1.807, 2.05) is 7.05 Å². The Kier molecular flexibility index (Phi) is 1.71. The van der Waals surface area contributed by atoms with E-state index in [2.05, 4.69) is 10.6 Å². The molecule has 1 rings (SSSR count). The average molecular weight is 128 g/mol. The van der Waals surface area contributed by atoms with Gasteiger partial charge in [-0.1, -0.05) is 0 Å². The lowest BCUT2D eigenvalue weighted by molar-refractivity contribution is -0.109. The van der Waals surface area contributed by atoms with Gasteiger partial charge in [-0.05, 0) is 19.9 Å². The maximum Gasteiger partial charge on any atom is 0.207 e. The molecule has 0 aliphatic heterocycles. The van der Waals surface area contributed by atoms with Crippen molar-refractivity contribution in [1.82, 2.24) is 10.6 Å². The van der Waals surface area contributed by atoms with Gasteiger partial charge in [-0.2, -0.15) is 0 Å². The second-order valence-electron chi connectivity index (χ2n) is 2.53. The van der Waals surface area contributed by atoms with Crippen molar-refractivity contribution in [2.24, 2.45) is 0 Å². The summed E-state index contributed by atoms with van der Waals surface area (Å²) in [6.07, 6.45) is 3.12. The lowest BCUT2D eigenvalue weighted by Gasteiger charge is -2.11. The molecule has 0 atom stereocenters. The van der Waals surface area contributed by atoms with Gasteiger partial charge in [0.05, 0.1) is 0 Å². The number of amides is 1. The van der Waals surface area contributed by atoms with Crippen molar-refractivity contribution in [2.45, 2.75) is 18.4 Å². The maximum absolute atomic E-state index is 9.86. The van der Waals surface area contributed by atoms with E-state index in [1.54, 1.807) is 0 Å². The molecule has 1 fully saturated rings. The fraction of sp³-hybridized carbons (Fsp3) is 0.833. The van der Waals surface area contributed by atoms with Crippen molar-refractivity contribution >= 4 is 6.41 Å². The van der Waals surface area contributed by atoms with Gasteiger partial charge in [0, 0.05) is 12.1 Å². The molecule has 0 heterocycles. The van der Waals surface area contributed by atoms with Crippen LogP contribution in [0.4, 0.5) is 0 Å². The van der Waals surface area contributed by atoms with Crippen molar-refractivity contribution in [3.05, 3.63) is 0 Å². The summed E-state index contributed by atoms with van der Waals surface area (Å²) in [5.41, 5.74) is 0.251. The van der Waals surface area contributed by atoms with Gasteiger partial charge in [0.15, 0.2) is 0 Å². The van der Waals surface area contributed by atoms with Crippen molar-refractivity contribution in [3.8, 4) is 0 Å². The number of nitrogens with one attached hydrogen (secondary N) is 2. The molecule has 0 spiro atoms. The molecule has 0 aromatic rings. The molecule has 3 heteroatoms. The first kappa shape index (κ1) is 6.55. The zero-order valence-electron chi connectivity index (χ0n) is 5.61. The molecule has 1 aliphatic carbocycles. The van der Waals surface area contributed by atoms with Gasteiger partial charge in [0.1, 0.15) is 0 Å². The Hall–Kier alpha value is -0.570. The highest BCUT2D eigenvalue weighted by atomic mass is 16.1. The molecule has 1 amide bonds. The fourth-order valence-electron chi connectivity index (χ4n) is 0.903. The first-order valence-electron chi connectivity index (χ1n) is 3.19. The summed E-state index contributed by atoms with van der Waals surface area (Å²) in [6.45, 7) is 0.771. The highest BCUT2D eigenvalue weighted by Crippen LogP contribution is 2.33. The molecule has 0 aromatic carbocycles.